The zero-order valence-electron chi connectivity index (χ0n) is 40.4. The highest BCUT2D eigenvalue weighted by molar-refractivity contribution is 5.71. The lowest BCUT2D eigenvalue weighted by Crippen LogP contribution is -2.30. The first-order valence-electron chi connectivity index (χ1n) is 25.6. The Bertz CT molecular complexity index is 1220. The van der Waals surface area contributed by atoms with E-state index in [0.717, 1.165) is 109 Å². The van der Waals surface area contributed by atoms with Crippen LogP contribution in [0, 0.1) is 0 Å². The molecule has 0 spiro atoms. The van der Waals surface area contributed by atoms with Crippen LogP contribution >= 0.6 is 0 Å². The van der Waals surface area contributed by atoms with Crippen molar-refractivity contribution in [2.24, 2.45) is 0 Å². The summed E-state index contributed by atoms with van der Waals surface area (Å²) in [4.78, 5) is 37.8. The number of hydrogen-bond donors (Lipinski definition) is 0. The summed E-state index contributed by atoms with van der Waals surface area (Å²) in [7, 11) is 0. The van der Waals surface area contributed by atoms with Gasteiger partial charge in [0.05, 0.1) is 0 Å². The van der Waals surface area contributed by atoms with E-state index in [0.29, 0.717) is 19.3 Å². The molecule has 0 fully saturated rings. The molecule has 0 aliphatic heterocycles. The number of rotatable bonds is 45. The molecule has 0 bridgehead atoms. The fraction of sp³-hybridized carbons (Fsp3) is 0.696. The average Bonchev–Trinajstić information content (AvgIpc) is 3.27. The first kappa shape index (κ1) is 58.6. The topological polar surface area (TPSA) is 78.9 Å². The van der Waals surface area contributed by atoms with Crippen molar-refractivity contribution < 1.29 is 28.6 Å². The van der Waals surface area contributed by atoms with Crippen molar-refractivity contribution in [3.8, 4) is 0 Å². The zero-order chi connectivity index (χ0) is 45.1. The molecule has 0 N–H and O–H groups in total. The van der Waals surface area contributed by atoms with Crippen molar-refractivity contribution in [1.82, 2.24) is 0 Å². The van der Waals surface area contributed by atoms with Crippen molar-refractivity contribution in [2.45, 2.75) is 239 Å². The van der Waals surface area contributed by atoms with Gasteiger partial charge in [0.25, 0.3) is 0 Å². The van der Waals surface area contributed by atoms with Gasteiger partial charge in [0.15, 0.2) is 6.10 Å². The summed E-state index contributed by atoms with van der Waals surface area (Å²) in [5.74, 6) is -0.956. The van der Waals surface area contributed by atoms with E-state index in [1.54, 1.807) is 0 Å². The molecule has 0 aliphatic rings. The normalized spacial score (nSPS) is 12.8. The van der Waals surface area contributed by atoms with Gasteiger partial charge in [-0.15, -0.1) is 0 Å². The zero-order valence-corrected chi connectivity index (χ0v) is 40.4. The van der Waals surface area contributed by atoms with Crippen LogP contribution in [0.1, 0.15) is 233 Å². The highest BCUT2D eigenvalue weighted by Crippen LogP contribution is 2.13. The molecule has 0 heterocycles. The van der Waals surface area contributed by atoms with Gasteiger partial charge in [-0.1, -0.05) is 202 Å². The molecule has 354 valence electrons. The van der Waals surface area contributed by atoms with Gasteiger partial charge in [-0.2, -0.15) is 0 Å². The lowest BCUT2D eigenvalue weighted by Gasteiger charge is -2.18. The third kappa shape index (κ3) is 47.6. The van der Waals surface area contributed by atoms with Crippen LogP contribution in [0.25, 0.3) is 0 Å². The van der Waals surface area contributed by atoms with Gasteiger partial charge >= 0.3 is 17.9 Å². The number of carbonyl (C=O) groups excluding carboxylic acids is 3. The predicted octanol–water partition coefficient (Wildman–Crippen LogP) is 16.8. The van der Waals surface area contributed by atoms with Crippen molar-refractivity contribution in [3.63, 3.8) is 0 Å². The van der Waals surface area contributed by atoms with E-state index in [2.05, 4.69) is 106 Å². The molecule has 0 aromatic heterocycles. The second kappa shape index (κ2) is 50.2. The Morgan fingerprint density at radius 1 is 0.339 bits per heavy atom. The van der Waals surface area contributed by atoms with E-state index in [4.69, 9.17) is 14.2 Å². The van der Waals surface area contributed by atoms with Crippen LogP contribution in [-0.2, 0) is 28.6 Å². The lowest BCUT2D eigenvalue weighted by molar-refractivity contribution is -0.167. The number of carbonyl (C=O) groups is 3. The average molecular weight is 863 g/mol. The summed E-state index contributed by atoms with van der Waals surface area (Å²) in [6.07, 6.45) is 64.4. The molecular weight excluding hydrogens is 769 g/mol. The van der Waals surface area contributed by atoms with Gasteiger partial charge in [-0.25, -0.2) is 0 Å². The molecular formula is C56H94O6. The Morgan fingerprint density at radius 2 is 0.629 bits per heavy atom. The van der Waals surface area contributed by atoms with Crippen molar-refractivity contribution >= 4 is 17.9 Å². The number of unbranched alkanes of at least 4 members (excludes halogenated alkanes) is 20. The molecule has 0 saturated carbocycles. The van der Waals surface area contributed by atoms with Gasteiger partial charge in [0.1, 0.15) is 13.2 Å². The second-order valence-electron chi connectivity index (χ2n) is 16.7. The maximum Gasteiger partial charge on any atom is 0.306 e. The molecule has 0 amide bonds. The summed E-state index contributed by atoms with van der Waals surface area (Å²) in [6, 6.07) is 0. The molecule has 6 nitrogen and oxygen atoms in total. The monoisotopic (exact) mass is 863 g/mol. The standard InChI is InChI=1S/C56H94O6/c1-4-7-10-13-16-18-20-22-24-26-27-28-29-30-32-33-35-37-40-43-46-49-55(58)61-52-53(51-60-54(57)48-45-42-39-15-12-9-6-3)62-56(59)50-47-44-41-38-36-34-31-25-23-21-19-17-14-11-8-5-2/h7,10,16,18,22,24-25,27-28,30-32,35,37,53H,4-6,8-9,11-15,17,19-21,23,26,29,33-34,36,38-52H2,1-3H3/b10-7-,18-16-,24-22-,28-27-,31-25-,32-30-,37-35-. The van der Waals surface area contributed by atoms with Crippen LogP contribution in [0.5, 0.6) is 0 Å². The Balaban J connectivity index is 4.36. The lowest BCUT2D eigenvalue weighted by atomic mass is 10.1. The fourth-order valence-electron chi connectivity index (χ4n) is 6.79. The predicted molar refractivity (Wildman–Crippen MR) is 265 cm³/mol. The Morgan fingerprint density at radius 3 is 1.03 bits per heavy atom. The third-order valence-electron chi connectivity index (χ3n) is 10.6. The minimum Gasteiger partial charge on any atom is -0.462 e. The van der Waals surface area contributed by atoms with Crippen LogP contribution in [0.3, 0.4) is 0 Å². The van der Waals surface area contributed by atoms with E-state index in [1.165, 1.54) is 83.5 Å². The van der Waals surface area contributed by atoms with Crippen LogP contribution in [0.4, 0.5) is 0 Å². The minimum atomic E-state index is -0.795. The summed E-state index contributed by atoms with van der Waals surface area (Å²) < 4.78 is 16.7. The van der Waals surface area contributed by atoms with Crippen molar-refractivity contribution in [1.29, 1.82) is 0 Å². The summed E-state index contributed by atoms with van der Waals surface area (Å²) >= 11 is 0. The Hall–Kier alpha value is -3.41. The molecule has 0 rings (SSSR count). The van der Waals surface area contributed by atoms with E-state index < -0.39 is 6.10 Å². The van der Waals surface area contributed by atoms with E-state index in [-0.39, 0.29) is 31.1 Å². The highest BCUT2D eigenvalue weighted by atomic mass is 16.6. The summed E-state index contributed by atoms with van der Waals surface area (Å²) in [6.45, 7) is 6.43. The first-order valence-corrected chi connectivity index (χ1v) is 25.6. The molecule has 0 saturated heterocycles. The smallest absolute Gasteiger partial charge is 0.306 e. The van der Waals surface area contributed by atoms with E-state index >= 15 is 0 Å². The van der Waals surface area contributed by atoms with Crippen LogP contribution in [-0.4, -0.2) is 37.2 Å². The maximum absolute atomic E-state index is 12.8. The van der Waals surface area contributed by atoms with Crippen molar-refractivity contribution in [3.05, 3.63) is 85.1 Å². The number of hydrogen-bond acceptors (Lipinski definition) is 6. The van der Waals surface area contributed by atoms with E-state index in [1.807, 2.05) is 0 Å². The van der Waals surface area contributed by atoms with Crippen LogP contribution in [0.15, 0.2) is 85.1 Å². The van der Waals surface area contributed by atoms with Gasteiger partial charge in [0.2, 0.25) is 0 Å². The number of esters is 3. The Kier molecular flexibility index (Phi) is 47.5. The molecule has 6 heteroatoms. The van der Waals surface area contributed by atoms with Crippen LogP contribution < -0.4 is 0 Å². The SMILES string of the molecule is CC/C=C\C/C=C\C/C=C\C/C=C\C/C=C\C/C=C\CCCCC(=O)OCC(COC(=O)CCCCCCCCC)OC(=O)CCCCCCC/C=C\CCCCCCCCC. The first-order chi connectivity index (χ1) is 30.5. The quantitative estimate of drug-likeness (QED) is 0.0263. The number of allylic oxidation sites excluding steroid dienone is 14. The Labute approximate surface area is 382 Å². The molecule has 1 unspecified atom stereocenters. The van der Waals surface area contributed by atoms with Crippen molar-refractivity contribution in [2.75, 3.05) is 13.2 Å². The molecule has 0 aliphatic carbocycles. The van der Waals surface area contributed by atoms with E-state index in [9.17, 15) is 14.4 Å². The second-order valence-corrected chi connectivity index (χ2v) is 16.7. The maximum atomic E-state index is 12.8. The minimum absolute atomic E-state index is 0.0937. The number of ether oxygens (including phenoxy) is 3. The molecule has 62 heavy (non-hydrogen) atoms. The van der Waals surface area contributed by atoms with Gasteiger partial charge in [0, 0.05) is 19.3 Å². The molecule has 1 atom stereocenters. The summed E-state index contributed by atoms with van der Waals surface area (Å²) in [5, 5.41) is 0. The molecule has 0 radical (unpaired) electrons. The molecule has 0 aromatic rings. The van der Waals surface area contributed by atoms with Gasteiger partial charge in [-0.3, -0.25) is 14.4 Å². The highest BCUT2D eigenvalue weighted by Gasteiger charge is 2.19. The third-order valence-corrected chi connectivity index (χ3v) is 10.6. The summed E-state index contributed by atoms with van der Waals surface area (Å²) in [5.41, 5.74) is 0. The van der Waals surface area contributed by atoms with Crippen LogP contribution in [0.2, 0.25) is 0 Å². The largest absolute Gasteiger partial charge is 0.462 e. The van der Waals surface area contributed by atoms with Gasteiger partial charge in [-0.05, 0) is 96.3 Å². The van der Waals surface area contributed by atoms with Gasteiger partial charge < -0.3 is 14.2 Å². The fourth-order valence-corrected chi connectivity index (χ4v) is 6.79. The molecule has 0 aromatic carbocycles.